The zero-order valence-electron chi connectivity index (χ0n) is 11.3. The minimum absolute atomic E-state index is 0.00504. The maximum absolute atomic E-state index is 12.1. The molecule has 2 N–H and O–H groups in total. The van der Waals surface area contributed by atoms with Crippen LogP contribution in [-0.4, -0.2) is 33.1 Å². The lowest BCUT2D eigenvalue weighted by atomic mass is 10.1. The highest BCUT2D eigenvalue weighted by atomic mass is 127. The first-order chi connectivity index (χ1) is 9.99. The van der Waals surface area contributed by atoms with Crippen LogP contribution in [0.2, 0.25) is 0 Å². The van der Waals surface area contributed by atoms with Crippen molar-refractivity contribution in [2.75, 3.05) is 6.54 Å². The summed E-state index contributed by atoms with van der Waals surface area (Å²) in [6.45, 7) is 2.82. The van der Waals surface area contributed by atoms with Crippen LogP contribution in [0.15, 0.2) is 30.7 Å². The summed E-state index contributed by atoms with van der Waals surface area (Å²) < 4.78 is 2.56. The number of carbonyl (C=O) groups excluding carboxylic acids is 1. The molecule has 0 aliphatic rings. The third kappa shape index (κ3) is 3.81. The number of hydrogen-bond donors (Lipinski definition) is 2. The summed E-state index contributed by atoms with van der Waals surface area (Å²) in [5.74, 6) is -1.20. The average molecular weight is 399 g/mol. The Kier molecular flexibility index (Phi) is 4.94. The molecular weight excluding hydrogens is 385 g/mol. The lowest BCUT2D eigenvalue weighted by Crippen LogP contribution is -2.27. The Labute approximate surface area is 135 Å². The van der Waals surface area contributed by atoms with Gasteiger partial charge in [0.15, 0.2) is 5.69 Å². The molecule has 2 rings (SSSR count). The van der Waals surface area contributed by atoms with E-state index in [1.165, 1.54) is 12.5 Å². The summed E-state index contributed by atoms with van der Waals surface area (Å²) >= 11 is 2.15. The normalized spacial score (nSPS) is 10.4. The maximum atomic E-state index is 12.1. The molecule has 1 aromatic heterocycles. The number of carboxylic acid groups (broad SMARTS) is 1. The van der Waals surface area contributed by atoms with Crippen molar-refractivity contribution >= 4 is 34.5 Å². The zero-order valence-corrected chi connectivity index (χ0v) is 13.5. The first kappa shape index (κ1) is 15.5. The van der Waals surface area contributed by atoms with Crippen molar-refractivity contribution in [2.24, 2.45) is 0 Å². The van der Waals surface area contributed by atoms with Crippen LogP contribution in [0.3, 0.4) is 0 Å². The van der Waals surface area contributed by atoms with Crippen molar-refractivity contribution in [1.29, 1.82) is 0 Å². The van der Waals surface area contributed by atoms with E-state index in [1.54, 1.807) is 10.6 Å². The van der Waals surface area contributed by atoms with E-state index in [2.05, 4.69) is 32.9 Å². The molecule has 0 aliphatic carbocycles. The van der Waals surface area contributed by atoms with Crippen LogP contribution >= 0.6 is 22.6 Å². The molecule has 0 bridgehead atoms. The van der Waals surface area contributed by atoms with Gasteiger partial charge in [-0.1, -0.05) is 12.1 Å². The molecule has 110 valence electrons. The van der Waals surface area contributed by atoms with E-state index in [4.69, 9.17) is 5.11 Å². The molecular formula is C14H14IN3O3. The fraction of sp³-hybridized carbons (Fsp3) is 0.214. The molecule has 0 spiro atoms. The number of benzene rings is 1. The van der Waals surface area contributed by atoms with Gasteiger partial charge in [0.2, 0.25) is 0 Å². The molecule has 1 amide bonds. The number of amides is 1. The Morgan fingerprint density at radius 2 is 2.19 bits per heavy atom. The molecule has 0 radical (unpaired) electrons. The van der Waals surface area contributed by atoms with E-state index < -0.39 is 5.97 Å². The Hall–Kier alpha value is -1.90. The fourth-order valence-electron chi connectivity index (χ4n) is 1.81. The number of aromatic carboxylic acids is 1. The van der Waals surface area contributed by atoms with E-state index in [0.717, 1.165) is 9.13 Å². The molecule has 0 saturated heterocycles. The Morgan fingerprint density at radius 1 is 1.43 bits per heavy atom. The molecule has 1 aromatic carbocycles. The second-order valence-corrected chi connectivity index (χ2v) is 5.57. The van der Waals surface area contributed by atoms with E-state index in [9.17, 15) is 9.59 Å². The minimum atomic E-state index is -1.06. The highest BCUT2D eigenvalue weighted by Gasteiger charge is 2.11. The number of nitrogens with zero attached hydrogens (tertiary/aromatic N) is 2. The van der Waals surface area contributed by atoms with E-state index in [0.29, 0.717) is 18.7 Å². The molecule has 1 heterocycles. The van der Waals surface area contributed by atoms with Gasteiger partial charge in [-0.3, -0.25) is 4.79 Å². The third-order valence-electron chi connectivity index (χ3n) is 2.94. The molecule has 21 heavy (non-hydrogen) atoms. The Morgan fingerprint density at radius 3 is 2.86 bits per heavy atom. The molecule has 0 aliphatic heterocycles. The van der Waals surface area contributed by atoms with Crippen molar-refractivity contribution in [2.45, 2.75) is 13.5 Å². The summed E-state index contributed by atoms with van der Waals surface area (Å²) in [6, 6.07) is 5.59. The van der Waals surface area contributed by atoms with Crippen LogP contribution in [0, 0.1) is 10.5 Å². The third-order valence-corrected chi connectivity index (χ3v) is 4.38. The molecule has 0 unspecified atom stereocenters. The SMILES string of the molecule is Cc1cccc(C(=O)NCCn2cnc(C(=O)O)c2)c1I. The lowest BCUT2D eigenvalue weighted by Gasteiger charge is -2.08. The van der Waals surface area contributed by atoms with Gasteiger partial charge >= 0.3 is 5.97 Å². The number of aryl methyl sites for hydroxylation is 1. The predicted octanol–water partition coefficient (Wildman–Crippen LogP) is 1.92. The second kappa shape index (κ2) is 6.70. The van der Waals surface area contributed by atoms with Gasteiger partial charge in [-0.15, -0.1) is 0 Å². The van der Waals surface area contributed by atoms with Gasteiger partial charge in [-0.25, -0.2) is 9.78 Å². The standard InChI is InChI=1S/C14H14IN3O3/c1-9-3-2-4-10(12(9)15)13(19)16-5-6-18-7-11(14(20)21)17-8-18/h2-4,7-8H,5-6H2,1H3,(H,16,19)(H,20,21). The van der Waals surface area contributed by atoms with E-state index >= 15 is 0 Å². The van der Waals surface area contributed by atoms with Crippen LogP contribution in [0.1, 0.15) is 26.4 Å². The largest absolute Gasteiger partial charge is 0.476 e. The van der Waals surface area contributed by atoms with Crippen molar-refractivity contribution in [3.05, 3.63) is 51.1 Å². The summed E-state index contributed by atoms with van der Waals surface area (Å²) in [5.41, 5.74) is 1.70. The summed E-state index contributed by atoms with van der Waals surface area (Å²) in [7, 11) is 0. The number of halogens is 1. The number of hydrogen-bond acceptors (Lipinski definition) is 3. The molecule has 2 aromatic rings. The van der Waals surface area contributed by atoms with E-state index in [-0.39, 0.29) is 11.6 Å². The zero-order chi connectivity index (χ0) is 15.4. The van der Waals surface area contributed by atoms with Gasteiger partial charge in [0.05, 0.1) is 11.9 Å². The molecule has 6 nitrogen and oxygen atoms in total. The number of rotatable bonds is 5. The average Bonchev–Trinajstić information content (AvgIpc) is 2.91. The van der Waals surface area contributed by atoms with Gasteiger partial charge in [0, 0.05) is 22.9 Å². The van der Waals surface area contributed by atoms with Crippen LogP contribution in [0.5, 0.6) is 0 Å². The number of aromatic nitrogens is 2. The Balaban J connectivity index is 1.92. The molecule has 0 fully saturated rings. The first-order valence-corrected chi connectivity index (χ1v) is 7.35. The number of carboxylic acids is 1. The van der Waals surface area contributed by atoms with Crippen molar-refractivity contribution < 1.29 is 14.7 Å². The quantitative estimate of drug-likeness (QED) is 0.753. The smallest absolute Gasteiger partial charge is 0.356 e. The van der Waals surface area contributed by atoms with Crippen molar-refractivity contribution in [3.8, 4) is 0 Å². The van der Waals surface area contributed by atoms with Crippen LogP contribution in [0.25, 0.3) is 0 Å². The van der Waals surface area contributed by atoms with Crippen LogP contribution in [0.4, 0.5) is 0 Å². The molecule has 7 heteroatoms. The number of nitrogens with one attached hydrogen (secondary N) is 1. The van der Waals surface area contributed by atoms with Gasteiger partial charge in [0.25, 0.3) is 5.91 Å². The van der Waals surface area contributed by atoms with Gasteiger partial charge in [0.1, 0.15) is 0 Å². The van der Waals surface area contributed by atoms with Crippen molar-refractivity contribution in [1.82, 2.24) is 14.9 Å². The predicted molar refractivity (Wildman–Crippen MR) is 85.4 cm³/mol. The van der Waals surface area contributed by atoms with Crippen LogP contribution in [-0.2, 0) is 6.54 Å². The van der Waals surface area contributed by atoms with Crippen molar-refractivity contribution in [3.63, 3.8) is 0 Å². The highest BCUT2D eigenvalue weighted by molar-refractivity contribution is 14.1. The van der Waals surface area contributed by atoms with E-state index in [1.807, 2.05) is 19.1 Å². The monoisotopic (exact) mass is 399 g/mol. The minimum Gasteiger partial charge on any atom is -0.476 e. The van der Waals surface area contributed by atoms with Crippen LogP contribution < -0.4 is 5.32 Å². The highest BCUT2D eigenvalue weighted by Crippen LogP contribution is 2.16. The van der Waals surface area contributed by atoms with Gasteiger partial charge in [-0.05, 0) is 41.1 Å². The van der Waals surface area contributed by atoms with Gasteiger partial charge < -0.3 is 15.0 Å². The molecule has 0 atom stereocenters. The fourth-order valence-corrected chi connectivity index (χ4v) is 2.41. The second-order valence-electron chi connectivity index (χ2n) is 4.49. The van der Waals surface area contributed by atoms with Gasteiger partial charge in [-0.2, -0.15) is 0 Å². The number of imidazole rings is 1. The first-order valence-electron chi connectivity index (χ1n) is 6.27. The number of carbonyl (C=O) groups is 2. The summed E-state index contributed by atoms with van der Waals surface area (Å²) in [4.78, 5) is 26.5. The topological polar surface area (TPSA) is 84.2 Å². The lowest BCUT2D eigenvalue weighted by molar-refractivity contribution is 0.0690. The Bertz CT molecular complexity index is 682. The molecule has 0 saturated carbocycles. The summed E-state index contributed by atoms with van der Waals surface area (Å²) in [5, 5.41) is 11.6. The maximum Gasteiger partial charge on any atom is 0.356 e. The summed E-state index contributed by atoms with van der Waals surface area (Å²) in [6.07, 6.45) is 2.87.